The van der Waals surface area contributed by atoms with Gasteiger partial charge in [0.05, 0.1) is 29.7 Å². The van der Waals surface area contributed by atoms with Gasteiger partial charge in [-0.3, -0.25) is 0 Å². The Hall–Kier alpha value is -2.83. The molecule has 0 saturated heterocycles. The van der Waals surface area contributed by atoms with Gasteiger partial charge in [-0.1, -0.05) is 0 Å². The monoisotopic (exact) mass is 274 g/mol. The molecule has 0 amide bonds. The normalized spacial score (nSPS) is 10.1. The minimum absolute atomic E-state index is 0.0397. The molecule has 0 aliphatic rings. The number of rotatable bonds is 5. The van der Waals surface area contributed by atoms with Gasteiger partial charge in [-0.25, -0.2) is 14.8 Å². The van der Waals surface area contributed by atoms with Crippen molar-refractivity contribution in [2.75, 3.05) is 17.7 Å². The van der Waals surface area contributed by atoms with E-state index in [0.717, 1.165) is 0 Å². The van der Waals surface area contributed by atoms with E-state index in [1.807, 2.05) is 6.92 Å². The van der Waals surface area contributed by atoms with Crippen molar-refractivity contribution in [2.24, 2.45) is 0 Å². The van der Waals surface area contributed by atoms with E-state index >= 15 is 0 Å². The van der Waals surface area contributed by atoms with Crippen molar-refractivity contribution in [3.63, 3.8) is 0 Å². The van der Waals surface area contributed by atoms with Crippen molar-refractivity contribution in [1.82, 2.24) is 9.97 Å². The van der Waals surface area contributed by atoms with Crippen molar-refractivity contribution in [1.29, 1.82) is 0 Å². The summed E-state index contributed by atoms with van der Waals surface area (Å²) in [4.78, 5) is 18.9. The fraction of sp³-hybridized carbons (Fsp3) is 0.154. The maximum absolute atomic E-state index is 10.8. The highest BCUT2D eigenvalue weighted by molar-refractivity contribution is 5.89. The van der Waals surface area contributed by atoms with Gasteiger partial charge in [-0.05, 0) is 19.1 Å². The lowest BCUT2D eigenvalue weighted by atomic mass is 10.2. The fourth-order valence-corrected chi connectivity index (χ4v) is 1.53. The first-order chi connectivity index (χ1) is 9.60. The van der Waals surface area contributed by atoms with E-state index in [-0.39, 0.29) is 11.3 Å². The van der Waals surface area contributed by atoms with Crippen LogP contribution in [0.4, 0.5) is 17.2 Å². The number of nitrogen functional groups attached to an aromatic ring is 1. The van der Waals surface area contributed by atoms with Gasteiger partial charge < -0.3 is 20.9 Å². The Labute approximate surface area is 115 Å². The molecule has 2 heterocycles. The summed E-state index contributed by atoms with van der Waals surface area (Å²) in [6, 6.07) is 4.83. The van der Waals surface area contributed by atoms with Crippen LogP contribution in [0.2, 0.25) is 0 Å². The quantitative estimate of drug-likeness (QED) is 0.763. The number of nitrogens with zero attached hydrogens (tertiary/aromatic N) is 2. The molecule has 0 aliphatic heterocycles. The van der Waals surface area contributed by atoms with Crippen LogP contribution < -0.4 is 15.8 Å². The molecule has 0 fully saturated rings. The second-order valence-corrected chi connectivity index (χ2v) is 3.91. The molecule has 0 aliphatic carbocycles. The largest absolute Gasteiger partial charge is 0.478 e. The summed E-state index contributed by atoms with van der Waals surface area (Å²) in [5.74, 6) is -0.167. The molecule has 20 heavy (non-hydrogen) atoms. The Bertz CT molecular complexity index is 614. The molecule has 2 aromatic rings. The Morgan fingerprint density at radius 2 is 2.20 bits per heavy atom. The average Bonchev–Trinajstić information content (AvgIpc) is 2.43. The van der Waals surface area contributed by atoms with Crippen LogP contribution in [0.25, 0.3) is 0 Å². The number of ether oxygens (including phenoxy) is 1. The zero-order chi connectivity index (χ0) is 14.5. The number of aromatic carboxylic acids is 1. The molecular formula is C13H14N4O3. The van der Waals surface area contributed by atoms with E-state index in [1.165, 1.54) is 12.3 Å². The highest BCUT2D eigenvalue weighted by Gasteiger charge is 2.08. The minimum Gasteiger partial charge on any atom is -0.478 e. The van der Waals surface area contributed by atoms with Crippen LogP contribution in [0, 0.1) is 0 Å². The van der Waals surface area contributed by atoms with E-state index in [2.05, 4.69) is 15.3 Å². The number of hydrogen-bond donors (Lipinski definition) is 3. The summed E-state index contributed by atoms with van der Waals surface area (Å²) < 4.78 is 5.23. The van der Waals surface area contributed by atoms with Crippen molar-refractivity contribution in [3.8, 4) is 5.88 Å². The van der Waals surface area contributed by atoms with Crippen LogP contribution in [0.5, 0.6) is 5.88 Å². The number of aromatic nitrogens is 2. The molecule has 0 radical (unpaired) electrons. The molecule has 2 rings (SSSR count). The zero-order valence-corrected chi connectivity index (χ0v) is 10.8. The Kier molecular flexibility index (Phi) is 3.99. The molecule has 0 atom stereocenters. The number of nitrogens with one attached hydrogen (secondary N) is 1. The molecule has 7 nitrogen and oxygen atoms in total. The van der Waals surface area contributed by atoms with Gasteiger partial charge in [-0.2, -0.15) is 0 Å². The molecular weight excluding hydrogens is 260 g/mol. The van der Waals surface area contributed by atoms with Crippen LogP contribution in [0.15, 0.2) is 30.6 Å². The van der Waals surface area contributed by atoms with Gasteiger partial charge in [0.15, 0.2) is 5.82 Å². The lowest BCUT2D eigenvalue weighted by Gasteiger charge is -2.09. The summed E-state index contributed by atoms with van der Waals surface area (Å²) >= 11 is 0. The highest BCUT2D eigenvalue weighted by atomic mass is 16.5. The SMILES string of the molecule is CCOc1ccc(Nc2ncc(C(=O)O)cc2N)cn1. The molecule has 7 heteroatoms. The van der Waals surface area contributed by atoms with Crippen LogP contribution in [-0.4, -0.2) is 27.7 Å². The number of carboxylic acids is 1. The Balaban J connectivity index is 2.15. The van der Waals surface area contributed by atoms with Crippen molar-refractivity contribution in [2.45, 2.75) is 6.92 Å². The topological polar surface area (TPSA) is 110 Å². The second-order valence-electron chi connectivity index (χ2n) is 3.91. The third-order valence-electron chi connectivity index (χ3n) is 2.46. The number of hydrogen-bond acceptors (Lipinski definition) is 6. The summed E-state index contributed by atoms with van der Waals surface area (Å²) in [6.45, 7) is 2.42. The number of anilines is 3. The molecule has 0 bridgehead atoms. The van der Waals surface area contributed by atoms with Gasteiger partial charge in [0.25, 0.3) is 0 Å². The van der Waals surface area contributed by atoms with Gasteiger partial charge >= 0.3 is 5.97 Å². The first-order valence-electron chi connectivity index (χ1n) is 5.95. The van der Waals surface area contributed by atoms with E-state index in [1.54, 1.807) is 18.3 Å². The summed E-state index contributed by atoms with van der Waals surface area (Å²) in [5, 5.41) is 11.8. The molecule has 4 N–H and O–H groups in total. The summed E-state index contributed by atoms with van der Waals surface area (Å²) in [5.41, 5.74) is 6.72. The average molecular weight is 274 g/mol. The van der Waals surface area contributed by atoms with Gasteiger partial charge in [0, 0.05) is 12.3 Å². The van der Waals surface area contributed by atoms with Crippen molar-refractivity contribution in [3.05, 3.63) is 36.2 Å². The van der Waals surface area contributed by atoms with Crippen LogP contribution in [-0.2, 0) is 0 Å². The van der Waals surface area contributed by atoms with E-state index < -0.39 is 5.97 Å². The minimum atomic E-state index is -1.07. The standard InChI is InChI=1S/C13H14N4O3/c1-2-20-11-4-3-9(7-15-11)17-12-10(14)5-8(6-16-12)13(18)19/h3-7H,2,14H2,1H3,(H,16,17)(H,18,19). The lowest BCUT2D eigenvalue weighted by Crippen LogP contribution is -2.04. The molecule has 2 aromatic heterocycles. The maximum Gasteiger partial charge on any atom is 0.337 e. The van der Waals surface area contributed by atoms with Gasteiger partial charge in [0.1, 0.15) is 0 Å². The maximum atomic E-state index is 10.8. The molecule has 0 saturated carbocycles. The number of pyridine rings is 2. The molecule has 0 aromatic carbocycles. The van der Waals surface area contributed by atoms with Gasteiger partial charge in [-0.15, -0.1) is 0 Å². The van der Waals surface area contributed by atoms with E-state index in [0.29, 0.717) is 24.0 Å². The third-order valence-corrected chi connectivity index (χ3v) is 2.46. The van der Waals surface area contributed by atoms with E-state index in [9.17, 15) is 4.79 Å². The summed E-state index contributed by atoms with van der Waals surface area (Å²) in [7, 11) is 0. The smallest absolute Gasteiger partial charge is 0.337 e. The first-order valence-corrected chi connectivity index (χ1v) is 5.95. The predicted octanol–water partition coefficient (Wildman–Crippen LogP) is 1.90. The second kappa shape index (κ2) is 5.87. The Morgan fingerprint density at radius 3 is 2.75 bits per heavy atom. The van der Waals surface area contributed by atoms with Crippen LogP contribution >= 0.6 is 0 Å². The highest BCUT2D eigenvalue weighted by Crippen LogP contribution is 2.22. The zero-order valence-electron chi connectivity index (χ0n) is 10.8. The number of nitrogens with two attached hydrogens (primary N) is 1. The molecule has 0 spiro atoms. The number of carbonyl (C=O) groups is 1. The van der Waals surface area contributed by atoms with Gasteiger partial charge in [0.2, 0.25) is 5.88 Å². The van der Waals surface area contributed by atoms with Crippen molar-refractivity contribution < 1.29 is 14.6 Å². The van der Waals surface area contributed by atoms with Crippen molar-refractivity contribution >= 4 is 23.2 Å². The van der Waals surface area contributed by atoms with Crippen LogP contribution in [0.1, 0.15) is 17.3 Å². The molecule has 0 unspecified atom stereocenters. The third kappa shape index (κ3) is 3.14. The molecule has 104 valence electrons. The Morgan fingerprint density at radius 1 is 1.40 bits per heavy atom. The van der Waals surface area contributed by atoms with Crippen LogP contribution in [0.3, 0.4) is 0 Å². The summed E-state index contributed by atoms with van der Waals surface area (Å²) in [6.07, 6.45) is 2.82. The lowest BCUT2D eigenvalue weighted by molar-refractivity contribution is 0.0696. The fourth-order valence-electron chi connectivity index (χ4n) is 1.53. The predicted molar refractivity (Wildman–Crippen MR) is 74.3 cm³/mol. The van der Waals surface area contributed by atoms with E-state index in [4.69, 9.17) is 15.6 Å². The first kappa shape index (κ1) is 13.6. The number of carboxylic acid groups (broad SMARTS) is 1.